The van der Waals surface area contributed by atoms with Gasteiger partial charge in [0.25, 0.3) is 5.56 Å². The van der Waals surface area contributed by atoms with Crippen molar-refractivity contribution in [2.75, 3.05) is 0 Å². The summed E-state index contributed by atoms with van der Waals surface area (Å²) in [5.41, 5.74) is 3.12. The van der Waals surface area contributed by atoms with Gasteiger partial charge in [0.2, 0.25) is 0 Å². The van der Waals surface area contributed by atoms with E-state index in [0.717, 1.165) is 34.0 Å². The van der Waals surface area contributed by atoms with Crippen molar-refractivity contribution in [3.63, 3.8) is 0 Å². The number of aromatic nitrogens is 1. The quantitative estimate of drug-likeness (QED) is 0.694. The van der Waals surface area contributed by atoms with Gasteiger partial charge in [-0.2, -0.15) is 0 Å². The fourth-order valence-corrected chi connectivity index (χ4v) is 2.14. The van der Waals surface area contributed by atoms with Gasteiger partial charge in [-0.15, -0.1) is 0 Å². The van der Waals surface area contributed by atoms with Crippen LogP contribution < -0.4 is 5.56 Å². The Hall–Kier alpha value is -2.03. The normalized spacial score (nSPS) is 11.4. The van der Waals surface area contributed by atoms with E-state index in [-0.39, 0.29) is 5.56 Å². The average molecular weight is 227 g/mol. The summed E-state index contributed by atoms with van der Waals surface area (Å²) in [7, 11) is 0. The number of furan rings is 1. The molecule has 0 spiro atoms. The maximum atomic E-state index is 11.9. The summed E-state index contributed by atoms with van der Waals surface area (Å²) in [6.07, 6.45) is 0.809. The fraction of sp³-hybridized carbons (Fsp3) is 0.214. The van der Waals surface area contributed by atoms with E-state index in [1.165, 1.54) is 0 Å². The number of fused-ring (bicyclic) bond motifs is 3. The number of nitrogens with one attached hydrogen (secondary N) is 1. The molecular formula is C14H13NO2. The number of pyridine rings is 1. The molecule has 0 radical (unpaired) electrons. The van der Waals surface area contributed by atoms with Gasteiger partial charge in [-0.05, 0) is 31.0 Å². The second kappa shape index (κ2) is 3.48. The molecule has 1 N–H and O–H groups in total. The topological polar surface area (TPSA) is 46.0 Å². The van der Waals surface area contributed by atoms with Crippen LogP contribution in [0.15, 0.2) is 33.5 Å². The molecule has 0 aliphatic heterocycles. The molecule has 86 valence electrons. The van der Waals surface area contributed by atoms with E-state index in [9.17, 15) is 4.79 Å². The minimum atomic E-state index is -0.145. The van der Waals surface area contributed by atoms with Gasteiger partial charge in [-0.25, -0.2) is 0 Å². The van der Waals surface area contributed by atoms with E-state index < -0.39 is 0 Å². The van der Waals surface area contributed by atoms with Gasteiger partial charge < -0.3 is 9.40 Å². The predicted molar refractivity (Wildman–Crippen MR) is 68.5 cm³/mol. The van der Waals surface area contributed by atoms with Crippen molar-refractivity contribution in [2.45, 2.75) is 20.3 Å². The van der Waals surface area contributed by atoms with Crippen LogP contribution in [-0.2, 0) is 6.42 Å². The number of rotatable bonds is 1. The van der Waals surface area contributed by atoms with Crippen LogP contribution in [0.5, 0.6) is 0 Å². The highest BCUT2D eigenvalue weighted by Crippen LogP contribution is 2.27. The summed E-state index contributed by atoms with van der Waals surface area (Å²) in [4.78, 5) is 14.7. The van der Waals surface area contributed by atoms with E-state index in [1.54, 1.807) is 0 Å². The summed E-state index contributed by atoms with van der Waals surface area (Å²) < 4.78 is 5.62. The van der Waals surface area contributed by atoms with Crippen LogP contribution in [0.4, 0.5) is 0 Å². The fourth-order valence-electron chi connectivity index (χ4n) is 2.14. The van der Waals surface area contributed by atoms with Gasteiger partial charge in [-0.1, -0.05) is 19.1 Å². The average Bonchev–Trinajstić information content (AvgIpc) is 2.67. The molecule has 17 heavy (non-hydrogen) atoms. The summed E-state index contributed by atoms with van der Waals surface area (Å²) >= 11 is 0. The van der Waals surface area contributed by atoms with Gasteiger partial charge in [0.1, 0.15) is 5.58 Å². The Morgan fingerprint density at radius 3 is 2.82 bits per heavy atom. The minimum absolute atomic E-state index is 0.145. The Labute approximate surface area is 98.1 Å². The van der Waals surface area contributed by atoms with Crippen molar-refractivity contribution in [1.29, 1.82) is 0 Å². The molecule has 0 aliphatic carbocycles. The van der Waals surface area contributed by atoms with Crippen molar-refractivity contribution in [1.82, 2.24) is 4.98 Å². The molecule has 3 aromatic rings. The standard InChI is InChI=1S/C14H13NO2/c1-3-9-7-11-10-5-4-8(2)6-12(10)17-13(11)14(16)15-9/h4-7H,3H2,1-2H3,(H,15,16). The highest BCUT2D eigenvalue weighted by molar-refractivity contribution is 6.04. The molecule has 2 heterocycles. The molecule has 0 bridgehead atoms. The lowest BCUT2D eigenvalue weighted by Gasteiger charge is -1.95. The number of aromatic amines is 1. The van der Waals surface area contributed by atoms with Crippen molar-refractivity contribution >= 4 is 21.9 Å². The summed E-state index contributed by atoms with van der Waals surface area (Å²) in [5.74, 6) is 0. The molecule has 0 fully saturated rings. The first-order valence-electron chi connectivity index (χ1n) is 5.74. The zero-order valence-corrected chi connectivity index (χ0v) is 9.83. The zero-order valence-electron chi connectivity index (χ0n) is 9.83. The highest BCUT2D eigenvalue weighted by atomic mass is 16.3. The largest absolute Gasteiger partial charge is 0.450 e. The third-order valence-electron chi connectivity index (χ3n) is 3.06. The van der Waals surface area contributed by atoms with Crippen LogP contribution in [0.2, 0.25) is 0 Å². The lowest BCUT2D eigenvalue weighted by molar-refractivity contribution is 0.661. The van der Waals surface area contributed by atoms with Crippen LogP contribution in [0.1, 0.15) is 18.2 Å². The predicted octanol–water partition coefficient (Wildman–Crippen LogP) is 3.15. The molecule has 3 heteroatoms. The maximum absolute atomic E-state index is 11.9. The van der Waals surface area contributed by atoms with Gasteiger partial charge >= 0.3 is 0 Å². The van der Waals surface area contributed by atoms with Gasteiger partial charge in [0.15, 0.2) is 5.58 Å². The lowest BCUT2D eigenvalue weighted by Crippen LogP contribution is -2.07. The molecule has 1 aromatic carbocycles. The first kappa shape index (κ1) is 10.1. The Kier molecular flexibility index (Phi) is 2.08. The molecule has 3 rings (SSSR count). The van der Waals surface area contributed by atoms with Crippen molar-refractivity contribution in [3.05, 3.63) is 45.9 Å². The van der Waals surface area contributed by atoms with Crippen molar-refractivity contribution in [3.8, 4) is 0 Å². The van der Waals surface area contributed by atoms with Crippen molar-refractivity contribution in [2.24, 2.45) is 0 Å². The van der Waals surface area contributed by atoms with Crippen LogP contribution in [0, 0.1) is 6.92 Å². The van der Waals surface area contributed by atoms with Crippen molar-refractivity contribution < 1.29 is 4.42 Å². The minimum Gasteiger partial charge on any atom is -0.450 e. The monoisotopic (exact) mass is 227 g/mol. The number of benzene rings is 1. The number of hydrogen-bond acceptors (Lipinski definition) is 2. The smallest absolute Gasteiger partial charge is 0.291 e. The molecule has 0 aliphatic rings. The number of hydrogen-bond donors (Lipinski definition) is 1. The second-order valence-corrected chi connectivity index (χ2v) is 4.32. The first-order chi connectivity index (χ1) is 8.19. The summed E-state index contributed by atoms with van der Waals surface area (Å²) in [5, 5.41) is 1.91. The summed E-state index contributed by atoms with van der Waals surface area (Å²) in [6, 6.07) is 8.00. The second-order valence-electron chi connectivity index (χ2n) is 4.32. The van der Waals surface area contributed by atoms with Gasteiger partial charge in [0, 0.05) is 16.5 Å². The number of H-pyrrole nitrogens is 1. The molecule has 0 saturated carbocycles. The summed E-state index contributed by atoms with van der Waals surface area (Å²) in [6.45, 7) is 4.03. The van der Waals surface area contributed by atoms with E-state index in [1.807, 2.05) is 38.1 Å². The highest BCUT2D eigenvalue weighted by Gasteiger charge is 2.10. The van der Waals surface area contributed by atoms with Crippen LogP contribution in [-0.4, -0.2) is 4.98 Å². The van der Waals surface area contributed by atoms with Gasteiger partial charge in [0.05, 0.1) is 0 Å². The lowest BCUT2D eigenvalue weighted by atomic mass is 10.1. The molecule has 0 saturated heterocycles. The van der Waals surface area contributed by atoms with E-state index in [4.69, 9.17) is 4.42 Å². The van der Waals surface area contributed by atoms with E-state index >= 15 is 0 Å². The number of aryl methyl sites for hydroxylation is 2. The van der Waals surface area contributed by atoms with Crippen LogP contribution >= 0.6 is 0 Å². The molecule has 0 atom stereocenters. The molecule has 0 unspecified atom stereocenters. The Bertz CT molecular complexity index is 765. The molecule has 2 aromatic heterocycles. The third-order valence-corrected chi connectivity index (χ3v) is 3.06. The maximum Gasteiger partial charge on any atom is 0.291 e. The third kappa shape index (κ3) is 1.46. The molecule has 3 nitrogen and oxygen atoms in total. The Morgan fingerprint density at radius 1 is 1.24 bits per heavy atom. The van der Waals surface area contributed by atoms with E-state index in [0.29, 0.717) is 5.58 Å². The van der Waals surface area contributed by atoms with E-state index in [2.05, 4.69) is 4.98 Å². The van der Waals surface area contributed by atoms with Crippen LogP contribution in [0.25, 0.3) is 21.9 Å². The Morgan fingerprint density at radius 2 is 2.06 bits per heavy atom. The SMILES string of the molecule is CCc1cc2c(oc3cc(C)ccc32)c(=O)[nH]1. The molecular weight excluding hydrogens is 214 g/mol. The molecule has 0 amide bonds. The zero-order chi connectivity index (χ0) is 12.0. The Balaban J connectivity index is 2.52. The first-order valence-corrected chi connectivity index (χ1v) is 5.74. The van der Waals surface area contributed by atoms with Crippen LogP contribution in [0.3, 0.4) is 0 Å². The van der Waals surface area contributed by atoms with Gasteiger partial charge in [-0.3, -0.25) is 4.79 Å².